The second kappa shape index (κ2) is 3.40. The molecule has 0 aliphatic carbocycles. The summed E-state index contributed by atoms with van der Waals surface area (Å²) in [6, 6.07) is 3.25. The minimum Gasteiger partial charge on any atom is -0.481 e. The summed E-state index contributed by atoms with van der Waals surface area (Å²) in [6.07, 6.45) is -1.37. The van der Waals surface area contributed by atoms with E-state index in [1.54, 1.807) is 19.1 Å². The van der Waals surface area contributed by atoms with Gasteiger partial charge in [0.05, 0.1) is 6.42 Å². The highest BCUT2D eigenvalue weighted by atomic mass is 16.4. The van der Waals surface area contributed by atoms with Crippen molar-refractivity contribution in [1.82, 2.24) is 0 Å². The molecule has 4 nitrogen and oxygen atoms in total. The summed E-state index contributed by atoms with van der Waals surface area (Å²) in [5.41, 5.74) is 0. The van der Waals surface area contributed by atoms with Gasteiger partial charge in [-0.1, -0.05) is 0 Å². The lowest BCUT2D eigenvalue weighted by atomic mass is 10.2. The van der Waals surface area contributed by atoms with Crippen LogP contribution >= 0.6 is 0 Å². The van der Waals surface area contributed by atoms with Crippen LogP contribution in [0.4, 0.5) is 0 Å². The van der Waals surface area contributed by atoms with Gasteiger partial charge in [-0.15, -0.1) is 0 Å². The van der Waals surface area contributed by atoms with E-state index in [9.17, 15) is 9.90 Å². The molecule has 0 amide bonds. The molecule has 0 saturated heterocycles. The normalized spacial score (nSPS) is 12.8. The second-order valence-electron chi connectivity index (χ2n) is 2.56. The van der Waals surface area contributed by atoms with E-state index in [2.05, 4.69) is 0 Å². The van der Waals surface area contributed by atoms with E-state index in [0.717, 1.165) is 0 Å². The molecule has 0 aromatic carbocycles. The van der Waals surface area contributed by atoms with Crippen LogP contribution in [0.5, 0.6) is 0 Å². The number of carboxylic acids is 1. The van der Waals surface area contributed by atoms with Crippen LogP contribution in [0.15, 0.2) is 16.5 Å². The fourth-order valence-corrected chi connectivity index (χ4v) is 0.899. The van der Waals surface area contributed by atoms with Crippen LogP contribution < -0.4 is 0 Å². The average molecular weight is 170 g/mol. The van der Waals surface area contributed by atoms with Crippen molar-refractivity contribution in [2.75, 3.05) is 0 Å². The Hall–Kier alpha value is -1.29. The second-order valence-corrected chi connectivity index (χ2v) is 2.56. The maximum Gasteiger partial charge on any atom is 0.306 e. The highest BCUT2D eigenvalue weighted by molar-refractivity contribution is 5.67. The first-order valence-corrected chi connectivity index (χ1v) is 3.56. The highest BCUT2D eigenvalue weighted by Gasteiger charge is 2.14. The third-order valence-corrected chi connectivity index (χ3v) is 1.46. The van der Waals surface area contributed by atoms with E-state index >= 15 is 0 Å². The Labute approximate surface area is 69.4 Å². The van der Waals surface area contributed by atoms with Gasteiger partial charge in [-0.2, -0.15) is 0 Å². The van der Waals surface area contributed by atoms with Gasteiger partial charge >= 0.3 is 5.97 Å². The molecule has 0 radical (unpaired) electrons. The van der Waals surface area contributed by atoms with Crippen molar-refractivity contribution in [3.8, 4) is 0 Å². The molecule has 0 fully saturated rings. The molecule has 1 rings (SSSR count). The number of rotatable bonds is 3. The summed E-state index contributed by atoms with van der Waals surface area (Å²) >= 11 is 0. The number of aliphatic hydroxyl groups excluding tert-OH is 1. The van der Waals surface area contributed by atoms with Gasteiger partial charge in [0.25, 0.3) is 0 Å². The molecular formula is C8H10O4. The maximum atomic E-state index is 10.2. The fraction of sp³-hybridized carbons (Fsp3) is 0.375. The van der Waals surface area contributed by atoms with Gasteiger partial charge in [0.1, 0.15) is 17.6 Å². The first-order valence-electron chi connectivity index (χ1n) is 3.56. The molecular weight excluding hydrogens is 160 g/mol. The van der Waals surface area contributed by atoms with Crippen molar-refractivity contribution >= 4 is 5.97 Å². The van der Waals surface area contributed by atoms with Crippen LogP contribution in [-0.2, 0) is 4.79 Å². The van der Waals surface area contributed by atoms with Crippen molar-refractivity contribution in [3.63, 3.8) is 0 Å². The van der Waals surface area contributed by atoms with E-state index < -0.39 is 12.1 Å². The quantitative estimate of drug-likeness (QED) is 0.712. The first-order chi connectivity index (χ1) is 5.59. The van der Waals surface area contributed by atoms with Gasteiger partial charge < -0.3 is 14.6 Å². The van der Waals surface area contributed by atoms with E-state index in [1.165, 1.54) is 0 Å². The Balaban J connectivity index is 2.64. The van der Waals surface area contributed by atoms with Gasteiger partial charge in [0.2, 0.25) is 0 Å². The average Bonchev–Trinajstić information content (AvgIpc) is 2.34. The Kier molecular flexibility index (Phi) is 2.50. The summed E-state index contributed by atoms with van der Waals surface area (Å²) < 4.78 is 5.03. The molecule has 1 heterocycles. The number of hydrogen-bond donors (Lipinski definition) is 2. The lowest BCUT2D eigenvalue weighted by Gasteiger charge is -2.02. The molecule has 2 N–H and O–H groups in total. The number of hydrogen-bond acceptors (Lipinski definition) is 3. The van der Waals surface area contributed by atoms with Crippen LogP contribution in [0.25, 0.3) is 0 Å². The minimum absolute atomic E-state index is 0.301. The zero-order valence-electron chi connectivity index (χ0n) is 6.65. The zero-order chi connectivity index (χ0) is 9.14. The molecule has 1 atom stereocenters. The Morgan fingerprint density at radius 3 is 2.75 bits per heavy atom. The maximum absolute atomic E-state index is 10.2. The van der Waals surface area contributed by atoms with E-state index in [-0.39, 0.29) is 6.42 Å². The topological polar surface area (TPSA) is 70.7 Å². The van der Waals surface area contributed by atoms with E-state index in [4.69, 9.17) is 9.52 Å². The number of aliphatic hydroxyl groups is 1. The largest absolute Gasteiger partial charge is 0.481 e. The zero-order valence-corrected chi connectivity index (χ0v) is 6.65. The number of furan rings is 1. The van der Waals surface area contributed by atoms with E-state index in [0.29, 0.717) is 11.5 Å². The van der Waals surface area contributed by atoms with Crippen molar-refractivity contribution in [2.24, 2.45) is 0 Å². The van der Waals surface area contributed by atoms with Crippen LogP contribution in [0, 0.1) is 6.92 Å². The predicted octanol–water partition coefficient (Wildman–Crippen LogP) is 1.10. The summed E-state index contributed by atoms with van der Waals surface area (Å²) in [4.78, 5) is 10.2. The SMILES string of the molecule is Cc1ccc([C@H](O)CC(=O)O)o1. The van der Waals surface area contributed by atoms with Crippen molar-refractivity contribution in [2.45, 2.75) is 19.4 Å². The van der Waals surface area contributed by atoms with Gasteiger partial charge in [-0.3, -0.25) is 4.79 Å². The number of carbonyl (C=O) groups is 1. The number of aryl methyl sites for hydroxylation is 1. The van der Waals surface area contributed by atoms with Gasteiger partial charge in [-0.25, -0.2) is 0 Å². The predicted molar refractivity (Wildman–Crippen MR) is 40.7 cm³/mol. The summed E-state index contributed by atoms with van der Waals surface area (Å²) in [5.74, 6) is -0.0825. The molecule has 0 spiro atoms. The molecule has 0 aliphatic heterocycles. The molecule has 4 heteroatoms. The van der Waals surface area contributed by atoms with Crippen molar-refractivity contribution in [3.05, 3.63) is 23.7 Å². The summed E-state index contributed by atoms with van der Waals surface area (Å²) in [7, 11) is 0. The molecule has 12 heavy (non-hydrogen) atoms. The van der Waals surface area contributed by atoms with Gasteiger partial charge in [0.15, 0.2) is 0 Å². The van der Waals surface area contributed by atoms with Crippen molar-refractivity contribution < 1.29 is 19.4 Å². The van der Waals surface area contributed by atoms with Gasteiger partial charge in [0, 0.05) is 0 Å². The highest BCUT2D eigenvalue weighted by Crippen LogP contribution is 2.18. The monoisotopic (exact) mass is 170 g/mol. The summed E-state index contributed by atoms with van der Waals surface area (Å²) in [6.45, 7) is 1.73. The van der Waals surface area contributed by atoms with Crippen LogP contribution in [0.3, 0.4) is 0 Å². The summed E-state index contributed by atoms with van der Waals surface area (Å²) in [5, 5.41) is 17.6. The fourth-order valence-electron chi connectivity index (χ4n) is 0.899. The smallest absolute Gasteiger partial charge is 0.306 e. The Morgan fingerprint density at radius 2 is 2.33 bits per heavy atom. The van der Waals surface area contributed by atoms with Gasteiger partial charge in [-0.05, 0) is 19.1 Å². The molecule has 0 aliphatic rings. The van der Waals surface area contributed by atoms with Crippen LogP contribution in [-0.4, -0.2) is 16.2 Å². The lowest BCUT2D eigenvalue weighted by molar-refractivity contribution is -0.139. The number of aliphatic carboxylic acids is 1. The molecule has 0 bridgehead atoms. The third kappa shape index (κ3) is 2.10. The standard InChI is InChI=1S/C8H10O4/c1-5-2-3-7(12-5)6(9)4-8(10)11/h2-3,6,9H,4H2,1H3,(H,10,11)/t6-/m1/s1. The minimum atomic E-state index is -1.05. The number of carboxylic acid groups (broad SMARTS) is 1. The van der Waals surface area contributed by atoms with Crippen molar-refractivity contribution in [1.29, 1.82) is 0 Å². The molecule has 1 aromatic rings. The molecule has 0 saturated carbocycles. The van der Waals surface area contributed by atoms with Crippen LogP contribution in [0.1, 0.15) is 24.0 Å². The Bertz CT molecular complexity index is 276. The molecule has 0 unspecified atom stereocenters. The van der Waals surface area contributed by atoms with Crippen LogP contribution in [0.2, 0.25) is 0 Å². The lowest BCUT2D eigenvalue weighted by Crippen LogP contribution is -2.04. The molecule has 1 aromatic heterocycles. The third-order valence-electron chi connectivity index (χ3n) is 1.46. The Morgan fingerprint density at radius 1 is 1.67 bits per heavy atom. The first kappa shape index (κ1) is 8.80. The molecule has 66 valence electrons. The van der Waals surface area contributed by atoms with E-state index in [1.807, 2.05) is 0 Å².